The Bertz CT molecular complexity index is 713. The van der Waals surface area contributed by atoms with Crippen molar-refractivity contribution >= 4 is 29.2 Å². The molecule has 0 bridgehead atoms. The van der Waals surface area contributed by atoms with Gasteiger partial charge in [-0.25, -0.2) is 4.39 Å². The number of piperidine rings is 1. The summed E-state index contributed by atoms with van der Waals surface area (Å²) in [6, 6.07) is 2.62. The first kappa shape index (κ1) is 13.3. The first-order valence-electron chi connectivity index (χ1n) is 6.75. The van der Waals surface area contributed by atoms with Crippen LogP contribution in [0.25, 0.3) is 11.0 Å². The van der Waals surface area contributed by atoms with Gasteiger partial charge in [0.15, 0.2) is 4.77 Å². The van der Waals surface area contributed by atoms with Crippen LogP contribution in [0.3, 0.4) is 0 Å². The number of likely N-dealkylation sites (tertiary alicyclic amines) is 1. The van der Waals surface area contributed by atoms with Crippen molar-refractivity contribution in [3.63, 3.8) is 0 Å². The number of aromatic amines is 2. The summed E-state index contributed by atoms with van der Waals surface area (Å²) in [7, 11) is 0. The van der Waals surface area contributed by atoms with E-state index in [9.17, 15) is 9.18 Å². The number of aromatic nitrogens is 2. The van der Waals surface area contributed by atoms with Crippen molar-refractivity contribution in [2.75, 3.05) is 13.1 Å². The zero-order valence-corrected chi connectivity index (χ0v) is 12.0. The van der Waals surface area contributed by atoms with Gasteiger partial charge in [0.05, 0.1) is 16.6 Å². The molecule has 20 heavy (non-hydrogen) atoms. The monoisotopic (exact) mass is 293 g/mol. The Hall–Kier alpha value is -1.69. The van der Waals surface area contributed by atoms with Gasteiger partial charge in [-0.2, -0.15) is 0 Å². The number of rotatable bonds is 1. The molecule has 0 radical (unpaired) electrons. The predicted octanol–water partition coefficient (Wildman–Crippen LogP) is 3.24. The van der Waals surface area contributed by atoms with Gasteiger partial charge in [0, 0.05) is 13.1 Å². The van der Waals surface area contributed by atoms with Gasteiger partial charge >= 0.3 is 0 Å². The minimum atomic E-state index is -0.434. The van der Waals surface area contributed by atoms with Crippen molar-refractivity contribution in [3.8, 4) is 0 Å². The SMILES string of the molecule is CC1CCN(C(=O)c2cc(F)cc3[nH]c(=S)[nH]c23)CC1. The molecule has 1 fully saturated rings. The van der Waals surface area contributed by atoms with Crippen LogP contribution in [0.2, 0.25) is 0 Å². The highest BCUT2D eigenvalue weighted by Gasteiger charge is 2.23. The lowest BCUT2D eigenvalue weighted by Crippen LogP contribution is -2.38. The van der Waals surface area contributed by atoms with Gasteiger partial charge < -0.3 is 14.9 Å². The number of H-pyrrole nitrogens is 2. The number of carbonyl (C=O) groups excluding carboxylic acids is 1. The number of halogens is 1. The zero-order valence-electron chi connectivity index (χ0n) is 11.2. The smallest absolute Gasteiger partial charge is 0.256 e. The molecule has 1 aliphatic heterocycles. The van der Waals surface area contributed by atoms with Crippen molar-refractivity contribution in [2.45, 2.75) is 19.8 Å². The van der Waals surface area contributed by atoms with Crippen LogP contribution in [-0.2, 0) is 0 Å². The third-order valence-corrected chi connectivity index (χ3v) is 4.10. The van der Waals surface area contributed by atoms with Crippen LogP contribution < -0.4 is 0 Å². The molecule has 1 aromatic heterocycles. The predicted molar refractivity (Wildman–Crippen MR) is 77.7 cm³/mol. The molecule has 1 aromatic carbocycles. The fourth-order valence-electron chi connectivity index (χ4n) is 2.66. The number of benzene rings is 1. The highest BCUT2D eigenvalue weighted by atomic mass is 32.1. The largest absolute Gasteiger partial charge is 0.339 e. The van der Waals surface area contributed by atoms with E-state index in [1.807, 2.05) is 0 Å². The van der Waals surface area contributed by atoms with E-state index in [2.05, 4.69) is 16.9 Å². The third-order valence-electron chi connectivity index (χ3n) is 3.89. The second-order valence-corrected chi connectivity index (χ2v) is 5.84. The van der Waals surface area contributed by atoms with Crippen LogP contribution in [0.4, 0.5) is 4.39 Å². The quantitative estimate of drug-likeness (QED) is 0.793. The summed E-state index contributed by atoms with van der Waals surface area (Å²) in [5, 5.41) is 0. The van der Waals surface area contributed by atoms with E-state index in [0.717, 1.165) is 25.9 Å². The molecule has 1 aliphatic rings. The summed E-state index contributed by atoms with van der Waals surface area (Å²) in [6.07, 6.45) is 1.99. The maximum Gasteiger partial charge on any atom is 0.256 e. The summed E-state index contributed by atoms with van der Waals surface area (Å²) in [6.45, 7) is 3.64. The first-order valence-corrected chi connectivity index (χ1v) is 7.16. The van der Waals surface area contributed by atoms with Gasteiger partial charge in [0.2, 0.25) is 0 Å². The molecule has 0 spiro atoms. The number of imidazole rings is 1. The van der Waals surface area contributed by atoms with Crippen molar-refractivity contribution in [1.82, 2.24) is 14.9 Å². The van der Waals surface area contributed by atoms with E-state index in [1.165, 1.54) is 12.1 Å². The van der Waals surface area contributed by atoms with Gasteiger partial charge in [-0.05, 0) is 43.1 Å². The van der Waals surface area contributed by atoms with Crippen LogP contribution in [0, 0.1) is 16.5 Å². The van der Waals surface area contributed by atoms with E-state index in [4.69, 9.17) is 12.2 Å². The first-order chi connectivity index (χ1) is 9.54. The Morgan fingerprint density at radius 3 is 2.75 bits per heavy atom. The number of hydrogen-bond donors (Lipinski definition) is 2. The number of nitrogens with one attached hydrogen (secondary N) is 2. The molecule has 1 saturated heterocycles. The molecule has 0 unspecified atom stereocenters. The lowest BCUT2D eigenvalue weighted by molar-refractivity contribution is 0.0698. The van der Waals surface area contributed by atoms with Crippen LogP contribution >= 0.6 is 12.2 Å². The van der Waals surface area contributed by atoms with Crippen molar-refractivity contribution < 1.29 is 9.18 Å². The molecule has 3 rings (SSSR count). The fourth-order valence-corrected chi connectivity index (χ4v) is 2.87. The topological polar surface area (TPSA) is 51.9 Å². The maximum atomic E-state index is 13.7. The molecule has 0 atom stereocenters. The van der Waals surface area contributed by atoms with Gasteiger partial charge in [0.1, 0.15) is 5.82 Å². The Morgan fingerprint density at radius 2 is 2.05 bits per heavy atom. The van der Waals surface area contributed by atoms with Crippen LogP contribution in [0.1, 0.15) is 30.1 Å². The highest BCUT2D eigenvalue weighted by Crippen LogP contribution is 2.23. The van der Waals surface area contributed by atoms with Gasteiger partial charge in [-0.3, -0.25) is 4.79 Å². The zero-order chi connectivity index (χ0) is 14.3. The van der Waals surface area contributed by atoms with Crippen molar-refractivity contribution in [1.29, 1.82) is 0 Å². The molecule has 2 N–H and O–H groups in total. The summed E-state index contributed by atoms with van der Waals surface area (Å²) in [5.74, 6) is 0.0766. The lowest BCUT2D eigenvalue weighted by atomic mass is 9.98. The Kier molecular flexibility index (Phi) is 3.33. The summed E-state index contributed by atoms with van der Waals surface area (Å²) >= 11 is 5.02. The maximum absolute atomic E-state index is 13.7. The second-order valence-electron chi connectivity index (χ2n) is 5.43. The average Bonchev–Trinajstić information content (AvgIpc) is 2.78. The second kappa shape index (κ2) is 5.01. The molecule has 106 valence electrons. The molecular weight excluding hydrogens is 277 g/mol. The van der Waals surface area contributed by atoms with E-state index in [0.29, 0.717) is 27.3 Å². The highest BCUT2D eigenvalue weighted by molar-refractivity contribution is 7.71. The van der Waals surface area contributed by atoms with E-state index in [-0.39, 0.29) is 5.91 Å². The Labute approximate surface area is 121 Å². The average molecular weight is 293 g/mol. The molecule has 6 heteroatoms. The van der Waals surface area contributed by atoms with Gasteiger partial charge in [-0.1, -0.05) is 6.92 Å². The van der Waals surface area contributed by atoms with Crippen molar-refractivity contribution in [3.05, 3.63) is 28.3 Å². The summed E-state index contributed by atoms with van der Waals surface area (Å²) in [4.78, 5) is 20.1. The Balaban J connectivity index is 2.00. The standard InChI is InChI=1S/C14H16FN3OS/c1-8-2-4-18(5-3-8)13(19)10-6-9(15)7-11-12(10)17-14(20)16-11/h6-8H,2-5H2,1H3,(H2,16,17,20). The van der Waals surface area contributed by atoms with Crippen LogP contribution in [0.15, 0.2) is 12.1 Å². The van der Waals surface area contributed by atoms with Crippen LogP contribution in [0.5, 0.6) is 0 Å². The number of carbonyl (C=O) groups is 1. The van der Waals surface area contributed by atoms with Crippen molar-refractivity contribution in [2.24, 2.45) is 5.92 Å². The number of amides is 1. The third kappa shape index (κ3) is 2.35. The van der Waals surface area contributed by atoms with Gasteiger partial charge in [-0.15, -0.1) is 0 Å². The van der Waals surface area contributed by atoms with E-state index in [1.54, 1.807) is 4.90 Å². The molecule has 4 nitrogen and oxygen atoms in total. The molecule has 0 aliphatic carbocycles. The van der Waals surface area contributed by atoms with E-state index >= 15 is 0 Å². The van der Waals surface area contributed by atoms with Crippen LogP contribution in [-0.4, -0.2) is 33.9 Å². The minimum Gasteiger partial charge on any atom is -0.339 e. The molecule has 2 heterocycles. The minimum absolute atomic E-state index is 0.133. The molecule has 0 saturated carbocycles. The molecule has 1 amide bonds. The Morgan fingerprint density at radius 1 is 1.35 bits per heavy atom. The lowest BCUT2D eigenvalue weighted by Gasteiger charge is -2.30. The fraction of sp³-hybridized carbons (Fsp3) is 0.429. The summed E-state index contributed by atoms with van der Waals surface area (Å²) in [5.41, 5.74) is 1.46. The number of fused-ring (bicyclic) bond motifs is 1. The molecule has 2 aromatic rings. The number of nitrogens with zero attached hydrogens (tertiary/aromatic N) is 1. The normalized spacial score (nSPS) is 16.8. The van der Waals surface area contributed by atoms with E-state index < -0.39 is 5.82 Å². The molecular formula is C14H16FN3OS. The summed E-state index contributed by atoms with van der Waals surface area (Å²) < 4.78 is 14.1. The van der Waals surface area contributed by atoms with Gasteiger partial charge in [0.25, 0.3) is 5.91 Å². The number of hydrogen-bond acceptors (Lipinski definition) is 2.